The van der Waals surface area contributed by atoms with Gasteiger partial charge in [0.15, 0.2) is 5.65 Å². The third kappa shape index (κ3) is 1.78. The summed E-state index contributed by atoms with van der Waals surface area (Å²) in [5, 5.41) is 16.8. The Kier molecular flexibility index (Phi) is 2.79. The van der Waals surface area contributed by atoms with Crippen LogP contribution in [0.5, 0.6) is 0 Å². The van der Waals surface area contributed by atoms with Gasteiger partial charge in [0, 0.05) is 23.7 Å². The summed E-state index contributed by atoms with van der Waals surface area (Å²) in [5.41, 5.74) is 0.826. The van der Waals surface area contributed by atoms with Crippen LogP contribution in [0.15, 0.2) is 22.8 Å². The molecule has 5 heteroatoms. The molecular weight excluding hydrogens is 246 g/mol. The van der Waals surface area contributed by atoms with E-state index in [-0.39, 0.29) is 6.61 Å². The summed E-state index contributed by atoms with van der Waals surface area (Å²) in [6.07, 6.45) is 3.39. The highest BCUT2D eigenvalue weighted by Gasteiger charge is 2.04. The number of fused-ring (bicyclic) bond motifs is 1. The summed E-state index contributed by atoms with van der Waals surface area (Å²) < 4.78 is 2.92. The molecule has 0 fully saturated rings. The SMILES string of the molecule is OCCCc1nnc2cc(Br)ccn12. The maximum absolute atomic E-state index is 8.72. The molecule has 0 spiro atoms. The number of nitrogens with zero attached hydrogens (tertiary/aromatic N) is 3. The predicted molar refractivity (Wildman–Crippen MR) is 56.1 cm³/mol. The quantitative estimate of drug-likeness (QED) is 0.903. The van der Waals surface area contributed by atoms with E-state index in [1.807, 2.05) is 22.7 Å². The summed E-state index contributed by atoms with van der Waals surface area (Å²) in [5.74, 6) is 0.890. The van der Waals surface area contributed by atoms with Gasteiger partial charge in [-0.05, 0) is 18.6 Å². The normalized spacial score (nSPS) is 11.0. The molecule has 0 aliphatic carbocycles. The summed E-state index contributed by atoms with van der Waals surface area (Å²) in [4.78, 5) is 0. The second kappa shape index (κ2) is 4.06. The molecule has 0 aliphatic heterocycles. The Bertz CT molecular complexity index is 441. The van der Waals surface area contributed by atoms with E-state index in [0.29, 0.717) is 0 Å². The Morgan fingerprint density at radius 2 is 2.29 bits per heavy atom. The molecule has 74 valence electrons. The average Bonchev–Trinajstić information content (AvgIpc) is 2.57. The monoisotopic (exact) mass is 255 g/mol. The van der Waals surface area contributed by atoms with Crippen molar-refractivity contribution < 1.29 is 5.11 Å². The zero-order valence-corrected chi connectivity index (χ0v) is 9.11. The first kappa shape index (κ1) is 9.61. The summed E-state index contributed by atoms with van der Waals surface area (Å²) in [6.45, 7) is 0.186. The van der Waals surface area contributed by atoms with Crippen molar-refractivity contribution in [2.24, 2.45) is 0 Å². The van der Waals surface area contributed by atoms with Gasteiger partial charge in [-0.3, -0.25) is 4.40 Å². The van der Waals surface area contributed by atoms with Crippen molar-refractivity contribution in [1.82, 2.24) is 14.6 Å². The highest BCUT2D eigenvalue weighted by molar-refractivity contribution is 9.10. The number of rotatable bonds is 3. The molecule has 0 amide bonds. The fourth-order valence-electron chi connectivity index (χ4n) is 1.32. The van der Waals surface area contributed by atoms with Crippen LogP contribution in [0.1, 0.15) is 12.2 Å². The minimum Gasteiger partial charge on any atom is -0.396 e. The number of aliphatic hydroxyl groups is 1. The van der Waals surface area contributed by atoms with Crippen molar-refractivity contribution in [3.8, 4) is 0 Å². The standard InChI is InChI=1S/C9H10BrN3O/c10-7-3-4-13-8(2-1-5-14)11-12-9(13)6-7/h3-4,6,14H,1-2,5H2. The van der Waals surface area contributed by atoms with E-state index in [1.165, 1.54) is 0 Å². The lowest BCUT2D eigenvalue weighted by Crippen LogP contribution is -1.96. The van der Waals surface area contributed by atoms with Crippen molar-refractivity contribution in [1.29, 1.82) is 0 Å². The first-order valence-electron chi connectivity index (χ1n) is 4.41. The molecule has 0 saturated carbocycles. The van der Waals surface area contributed by atoms with E-state index >= 15 is 0 Å². The number of hydrogen-bond acceptors (Lipinski definition) is 3. The second-order valence-corrected chi connectivity index (χ2v) is 3.93. The van der Waals surface area contributed by atoms with E-state index in [9.17, 15) is 0 Å². The molecule has 0 saturated heterocycles. The molecule has 0 radical (unpaired) electrons. The predicted octanol–water partition coefficient (Wildman–Crippen LogP) is 1.42. The lowest BCUT2D eigenvalue weighted by Gasteiger charge is -1.97. The van der Waals surface area contributed by atoms with Gasteiger partial charge in [-0.15, -0.1) is 10.2 Å². The van der Waals surface area contributed by atoms with Crippen molar-refractivity contribution in [2.45, 2.75) is 12.8 Å². The minimum absolute atomic E-state index is 0.186. The third-order valence-corrected chi connectivity index (χ3v) is 2.49. The van der Waals surface area contributed by atoms with Gasteiger partial charge in [-0.1, -0.05) is 15.9 Å². The number of aliphatic hydroxyl groups excluding tert-OH is 1. The van der Waals surface area contributed by atoms with Gasteiger partial charge in [0.25, 0.3) is 0 Å². The summed E-state index contributed by atoms with van der Waals surface area (Å²) >= 11 is 3.37. The Hall–Kier alpha value is -0.940. The van der Waals surface area contributed by atoms with Gasteiger partial charge < -0.3 is 5.11 Å². The zero-order valence-electron chi connectivity index (χ0n) is 7.52. The number of pyridine rings is 1. The average molecular weight is 256 g/mol. The molecule has 0 unspecified atom stereocenters. The fourth-order valence-corrected chi connectivity index (χ4v) is 1.65. The molecule has 0 aromatic carbocycles. The lowest BCUT2D eigenvalue weighted by molar-refractivity contribution is 0.287. The maximum Gasteiger partial charge on any atom is 0.161 e. The van der Waals surface area contributed by atoms with Crippen LogP contribution >= 0.6 is 15.9 Å². The van der Waals surface area contributed by atoms with E-state index in [1.54, 1.807) is 0 Å². The Labute approximate surface area is 89.7 Å². The van der Waals surface area contributed by atoms with Crippen molar-refractivity contribution >= 4 is 21.6 Å². The number of aryl methyl sites for hydroxylation is 1. The third-order valence-electron chi connectivity index (χ3n) is 2.00. The topological polar surface area (TPSA) is 50.4 Å². The van der Waals surface area contributed by atoms with Crippen LogP contribution in [0.3, 0.4) is 0 Å². The number of halogens is 1. The Morgan fingerprint density at radius 3 is 3.07 bits per heavy atom. The zero-order chi connectivity index (χ0) is 9.97. The summed E-state index contributed by atoms with van der Waals surface area (Å²) in [7, 11) is 0. The van der Waals surface area contributed by atoms with Gasteiger partial charge >= 0.3 is 0 Å². The molecule has 2 aromatic heterocycles. The van der Waals surface area contributed by atoms with Crippen molar-refractivity contribution in [2.75, 3.05) is 6.61 Å². The highest BCUT2D eigenvalue weighted by atomic mass is 79.9. The van der Waals surface area contributed by atoms with Gasteiger partial charge in [0.2, 0.25) is 0 Å². The number of aromatic nitrogens is 3. The summed E-state index contributed by atoms with van der Waals surface area (Å²) in [6, 6.07) is 3.86. The van der Waals surface area contributed by atoms with E-state index in [2.05, 4.69) is 26.1 Å². The second-order valence-electron chi connectivity index (χ2n) is 3.02. The molecule has 4 nitrogen and oxygen atoms in total. The molecule has 0 bridgehead atoms. The van der Waals surface area contributed by atoms with Crippen molar-refractivity contribution in [3.63, 3.8) is 0 Å². The van der Waals surface area contributed by atoms with Crippen LogP contribution in [-0.4, -0.2) is 26.3 Å². The smallest absolute Gasteiger partial charge is 0.161 e. The molecule has 2 rings (SSSR count). The molecule has 2 aromatic rings. The largest absolute Gasteiger partial charge is 0.396 e. The minimum atomic E-state index is 0.186. The Balaban J connectivity index is 2.37. The van der Waals surface area contributed by atoms with Gasteiger partial charge in [0.05, 0.1) is 0 Å². The van der Waals surface area contributed by atoms with Crippen LogP contribution in [0.4, 0.5) is 0 Å². The molecule has 2 heterocycles. The molecular formula is C9H10BrN3O. The van der Waals surface area contributed by atoms with Crippen LogP contribution in [0, 0.1) is 0 Å². The van der Waals surface area contributed by atoms with Crippen molar-refractivity contribution in [3.05, 3.63) is 28.6 Å². The van der Waals surface area contributed by atoms with Crippen LogP contribution < -0.4 is 0 Å². The fraction of sp³-hybridized carbons (Fsp3) is 0.333. The Morgan fingerprint density at radius 1 is 1.43 bits per heavy atom. The van der Waals surface area contributed by atoms with Gasteiger partial charge in [-0.2, -0.15) is 0 Å². The van der Waals surface area contributed by atoms with E-state index < -0.39 is 0 Å². The molecule has 14 heavy (non-hydrogen) atoms. The first-order valence-corrected chi connectivity index (χ1v) is 5.20. The lowest BCUT2D eigenvalue weighted by atomic mass is 10.3. The molecule has 0 aliphatic rings. The molecule has 1 N–H and O–H groups in total. The van der Waals surface area contributed by atoms with Crippen LogP contribution in [0.2, 0.25) is 0 Å². The van der Waals surface area contributed by atoms with E-state index in [4.69, 9.17) is 5.11 Å². The van der Waals surface area contributed by atoms with Crippen LogP contribution in [0.25, 0.3) is 5.65 Å². The molecule has 0 atom stereocenters. The first-order chi connectivity index (χ1) is 6.81. The van der Waals surface area contributed by atoms with Gasteiger partial charge in [-0.25, -0.2) is 0 Å². The highest BCUT2D eigenvalue weighted by Crippen LogP contribution is 2.13. The van der Waals surface area contributed by atoms with Crippen LogP contribution in [-0.2, 0) is 6.42 Å². The van der Waals surface area contributed by atoms with E-state index in [0.717, 1.165) is 28.8 Å². The van der Waals surface area contributed by atoms with Gasteiger partial charge in [0.1, 0.15) is 5.82 Å². The number of hydrogen-bond donors (Lipinski definition) is 1. The maximum atomic E-state index is 8.72.